The number of aryl methyl sites for hydroxylation is 1. The highest BCUT2D eigenvalue weighted by Gasteiger charge is 2.24. The van der Waals surface area contributed by atoms with E-state index >= 15 is 0 Å². The molecule has 1 heterocycles. The average molecular weight is 371 g/mol. The van der Waals surface area contributed by atoms with Gasteiger partial charge in [-0.05, 0) is 23.3 Å². The Balaban J connectivity index is 1.92. The molecule has 1 aromatic heterocycles. The topological polar surface area (TPSA) is 73.2 Å². The molecule has 0 aliphatic heterocycles. The second-order valence-corrected chi connectivity index (χ2v) is 7.72. The molecule has 1 unspecified atom stereocenters. The van der Waals surface area contributed by atoms with Gasteiger partial charge in [-0.15, -0.1) is 0 Å². The molecule has 136 valence electrons. The third kappa shape index (κ3) is 4.30. The van der Waals surface area contributed by atoms with Gasteiger partial charge in [0.1, 0.15) is 17.6 Å². The highest BCUT2D eigenvalue weighted by Crippen LogP contribution is 2.24. The number of rotatable bonds is 7. The van der Waals surface area contributed by atoms with Gasteiger partial charge in [0.15, 0.2) is 0 Å². The first-order valence-electron chi connectivity index (χ1n) is 8.13. The van der Waals surface area contributed by atoms with Crippen LogP contribution in [0.5, 0.6) is 5.75 Å². The predicted octanol–water partition coefficient (Wildman–Crippen LogP) is 2.64. The van der Waals surface area contributed by atoms with Crippen LogP contribution in [0, 0.1) is 0 Å². The molecule has 0 spiro atoms. The number of benzene rings is 2. The summed E-state index contributed by atoms with van der Waals surface area (Å²) in [5.41, 5.74) is 1.52. The molecule has 3 aromatic rings. The maximum absolute atomic E-state index is 12.7. The molecule has 0 bridgehead atoms. The fraction of sp³-hybridized carbons (Fsp3) is 0.211. The molecule has 0 fully saturated rings. The molecule has 26 heavy (non-hydrogen) atoms. The fourth-order valence-electron chi connectivity index (χ4n) is 2.74. The molecule has 0 saturated carbocycles. The van der Waals surface area contributed by atoms with Gasteiger partial charge in [-0.2, -0.15) is 4.72 Å². The zero-order valence-corrected chi connectivity index (χ0v) is 15.5. The lowest BCUT2D eigenvalue weighted by molar-refractivity contribution is 0.414. The Morgan fingerprint density at radius 1 is 1.12 bits per heavy atom. The van der Waals surface area contributed by atoms with Gasteiger partial charge in [0.05, 0.1) is 12.9 Å². The number of nitrogens with one attached hydrogen (secondary N) is 1. The van der Waals surface area contributed by atoms with Crippen molar-refractivity contribution < 1.29 is 13.2 Å². The molecular formula is C19H21N3O3S. The van der Waals surface area contributed by atoms with Crippen LogP contribution in [0.3, 0.4) is 0 Å². The zero-order valence-electron chi connectivity index (χ0n) is 14.7. The zero-order chi connectivity index (χ0) is 18.6. The highest BCUT2D eigenvalue weighted by atomic mass is 32.2. The first-order chi connectivity index (χ1) is 12.5. The van der Waals surface area contributed by atoms with Gasteiger partial charge in [-0.3, -0.25) is 0 Å². The van der Waals surface area contributed by atoms with Crippen molar-refractivity contribution >= 4 is 10.0 Å². The lowest BCUT2D eigenvalue weighted by Gasteiger charge is -2.19. The summed E-state index contributed by atoms with van der Waals surface area (Å²) >= 11 is 0. The van der Waals surface area contributed by atoms with Crippen molar-refractivity contribution in [3.63, 3.8) is 0 Å². The van der Waals surface area contributed by atoms with Crippen molar-refractivity contribution in [1.29, 1.82) is 0 Å². The summed E-state index contributed by atoms with van der Waals surface area (Å²) in [4.78, 5) is 4.33. The lowest BCUT2D eigenvalue weighted by Crippen LogP contribution is -2.32. The summed E-state index contributed by atoms with van der Waals surface area (Å²) in [5.74, 6) is 1.23. The average Bonchev–Trinajstić information content (AvgIpc) is 3.06. The first kappa shape index (κ1) is 18.2. The molecule has 0 radical (unpaired) electrons. The van der Waals surface area contributed by atoms with E-state index in [9.17, 15) is 8.42 Å². The molecule has 0 aliphatic rings. The quantitative estimate of drug-likeness (QED) is 0.693. The highest BCUT2D eigenvalue weighted by molar-refractivity contribution is 7.88. The summed E-state index contributed by atoms with van der Waals surface area (Å²) in [6, 6.07) is 15.8. The Morgan fingerprint density at radius 3 is 2.38 bits per heavy atom. The number of imidazole rings is 1. The largest absolute Gasteiger partial charge is 0.497 e. The van der Waals surface area contributed by atoms with Gasteiger partial charge < -0.3 is 9.30 Å². The van der Waals surface area contributed by atoms with Crippen molar-refractivity contribution in [2.24, 2.45) is 7.05 Å². The molecule has 2 aromatic carbocycles. The summed E-state index contributed by atoms with van der Waals surface area (Å²) in [6.07, 6.45) is 3.44. The van der Waals surface area contributed by atoms with Gasteiger partial charge in [-0.1, -0.05) is 42.5 Å². The van der Waals surface area contributed by atoms with Crippen LogP contribution in [-0.4, -0.2) is 25.1 Å². The first-order valence-corrected chi connectivity index (χ1v) is 9.79. The molecule has 0 saturated heterocycles. The molecule has 0 aliphatic carbocycles. The van der Waals surface area contributed by atoms with E-state index in [4.69, 9.17) is 4.74 Å². The van der Waals surface area contributed by atoms with Crippen LogP contribution in [0.15, 0.2) is 67.0 Å². The van der Waals surface area contributed by atoms with Crippen molar-refractivity contribution in [3.8, 4) is 5.75 Å². The number of aromatic nitrogens is 2. The van der Waals surface area contributed by atoms with Crippen LogP contribution >= 0.6 is 0 Å². The number of hydrogen-bond donors (Lipinski definition) is 1. The third-order valence-corrected chi connectivity index (χ3v) is 5.37. The SMILES string of the molecule is COc1ccc(C(NS(=O)(=O)Cc2ccccc2)c2nccn2C)cc1. The van der Waals surface area contributed by atoms with Crippen molar-refractivity contribution in [2.75, 3.05) is 7.11 Å². The Morgan fingerprint density at radius 2 is 1.81 bits per heavy atom. The summed E-state index contributed by atoms with van der Waals surface area (Å²) in [6.45, 7) is 0. The van der Waals surface area contributed by atoms with Gasteiger partial charge in [0.25, 0.3) is 0 Å². The van der Waals surface area contributed by atoms with Crippen molar-refractivity contribution in [2.45, 2.75) is 11.8 Å². The van der Waals surface area contributed by atoms with Crippen LogP contribution in [0.4, 0.5) is 0 Å². The predicted molar refractivity (Wildman–Crippen MR) is 100 cm³/mol. The van der Waals surface area contributed by atoms with E-state index in [1.807, 2.05) is 37.4 Å². The summed E-state index contributed by atoms with van der Waals surface area (Å²) in [7, 11) is -0.146. The molecule has 0 amide bonds. The molecule has 1 N–H and O–H groups in total. The minimum Gasteiger partial charge on any atom is -0.497 e. The maximum Gasteiger partial charge on any atom is 0.216 e. The van der Waals surface area contributed by atoms with Crippen molar-refractivity contribution in [1.82, 2.24) is 14.3 Å². The third-order valence-electron chi connectivity index (χ3n) is 4.06. The van der Waals surface area contributed by atoms with Crippen LogP contribution in [0.25, 0.3) is 0 Å². The monoisotopic (exact) mass is 371 g/mol. The molecule has 1 atom stereocenters. The number of ether oxygens (including phenoxy) is 1. The van der Waals surface area contributed by atoms with E-state index in [0.717, 1.165) is 11.1 Å². The minimum atomic E-state index is -3.58. The normalized spacial score (nSPS) is 12.7. The summed E-state index contributed by atoms with van der Waals surface area (Å²) < 4.78 is 35.3. The van der Waals surface area contributed by atoms with E-state index in [-0.39, 0.29) is 5.75 Å². The second kappa shape index (κ2) is 7.72. The van der Waals surface area contributed by atoms with E-state index < -0.39 is 16.1 Å². The Labute approximate surface area is 153 Å². The number of sulfonamides is 1. The number of nitrogens with zero attached hydrogens (tertiary/aromatic N) is 2. The van der Waals surface area contributed by atoms with E-state index in [1.54, 1.807) is 48.3 Å². The van der Waals surface area contributed by atoms with Crippen LogP contribution in [-0.2, 0) is 22.8 Å². The molecular weight excluding hydrogens is 350 g/mol. The van der Waals surface area contributed by atoms with Crippen molar-refractivity contribution in [3.05, 3.63) is 83.9 Å². The van der Waals surface area contributed by atoms with Crippen LogP contribution < -0.4 is 9.46 Å². The van der Waals surface area contributed by atoms with Crippen LogP contribution in [0.2, 0.25) is 0 Å². The fourth-order valence-corrected chi connectivity index (χ4v) is 4.05. The van der Waals surface area contributed by atoms with Gasteiger partial charge >= 0.3 is 0 Å². The lowest BCUT2D eigenvalue weighted by atomic mass is 10.1. The molecule has 7 heteroatoms. The van der Waals surface area contributed by atoms with Gasteiger partial charge in [0.2, 0.25) is 10.0 Å². The number of hydrogen-bond acceptors (Lipinski definition) is 4. The Kier molecular flexibility index (Phi) is 5.39. The van der Waals surface area contributed by atoms with E-state index in [0.29, 0.717) is 11.6 Å². The Bertz CT molecular complexity index is 951. The standard InChI is InChI=1S/C19H21N3O3S/c1-22-13-12-20-19(22)18(16-8-10-17(25-2)11-9-16)21-26(23,24)14-15-6-4-3-5-7-15/h3-13,18,21H,14H2,1-2H3. The number of methoxy groups -OCH3 is 1. The second-order valence-electron chi connectivity index (χ2n) is 5.97. The summed E-state index contributed by atoms with van der Waals surface area (Å²) in [5, 5.41) is 0. The van der Waals surface area contributed by atoms with Gasteiger partial charge in [-0.25, -0.2) is 13.4 Å². The van der Waals surface area contributed by atoms with E-state index in [2.05, 4.69) is 9.71 Å². The van der Waals surface area contributed by atoms with E-state index in [1.165, 1.54) is 0 Å². The molecule has 3 rings (SSSR count). The minimum absolute atomic E-state index is 0.0923. The maximum atomic E-state index is 12.7. The molecule has 6 nitrogen and oxygen atoms in total. The Hall–Kier alpha value is -2.64. The van der Waals surface area contributed by atoms with Gasteiger partial charge in [0, 0.05) is 19.4 Å². The smallest absolute Gasteiger partial charge is 0.216 e. The van der Waals surface area contributed by atoms with Crippen LogP contribution in [0.1, 0.15) is 23.0 Å².